The number of hydrogen-bond donors (Lipinski definition) is 1. The molecule has 0 aliphatic carbocycles. The van der Waals surface area contributed by atoms with Crippen LogP contribution in [0.4, 0.5) is 0 Å². The zero-order valence-electron chi connectivity index (χ0n) is 5.23. The summed E-state index contributed by atoms with van der Waals surface area (Å²) in [5.74, 6) is 0. The molecule has 0 spiro atoms. The lowest BCUT2D eigenvalue weighted by Gasteiger charge is -2.04. The molecule has 0 amide bonds. The van der Waals surface area contributed by atoms with E-state index in [1.54, 1.807) is 12.4 Å². The Morgan fingerprint density at radius 1 is 1.78 bits per heavy atom. The summed E-state index contributed by atoms with van der Waals surface area (Å²) >= 11 is 0. The fourth-order valence-electron chi connectivity index (χ4n) is 0.563. The van der Waals surface area contributed by atoms with Crippen LogP contribution in [0.25, 0.3) is 0 Å². The van der Waals surface area contributed by atoms with Crippen LogP contribution in [0.1, 0.15) is 19.6 Å². The Hall–Kier alpha value is -0.900. The fraction of sp³-hybridized carbons (Fsp3) is 0.600. The average Bonchev–Trinajstić information content (AvgIpc) is 2.37. The zero-order valence-corrected chi connectivity index (χ0v) is 5.23. The molecule has 4 nitrogen and oxygen atoms in total. The first-order chi connectivity index (χ1) is 4.34. The van der Waals surface area contributed by atoms with E-state index in [2.05, 4.69) is 10.3 Å². The number of aliphatic hydroxyl groups is 1. The van der Waals surface area contributed by atoms with Gasteiger partial charge >= 0.3 is 0 Å². The third-order valence-electron chi connectivity index (χ3n) is 1.11. The molecular weight excluding hydrogens is 118 g/mol. The molecule has 1 N–H and O–H groups in total. The highest BCUT2D eigenvalue weighted by Gasteiger charge is 2.00. The number of aliphatic hydroxyl groups excluding tert-OH is 1. The van der Waals surface area contributed by atoms with Gasteiger partial charge in [-0.1, -0.05) is 12.1 Å². The van der Waals surface area contributed by atoms with E-state index in [1.807, 2.05) is 6.92 Å². The van der Waals surface area contributed by atoms with Crippen molar-refractivity contribution in [1.29, 1.82) is 0 Å². The quantitative estimate of drug-likeness (QED) is 0.616. The van der Waals surface area contributed by atoms with E-state index in [0.29, 0.717) is 6.42 Å². The molecular formula is C5H9N3O. The molecule has 0 saturated heterocycles. The van der Waals surface area contributed by atoms with E-state index >= 15 is 0 Å². The minimum absolute atomic E-state index is 0.521. The number of hydrogen-bond acceptors (Lipinski definition) is 3. The molecule has 1 aromatic rings. The van der Waals surface area contributed by atoms with E-state index in [9.17, 15) is 0 Å². The SMILES string of the molecule is CCC(O)n1ccnn1. The summed E-state index contributed by atoms with van der Waals surface area (Å²) in [7, 11) is 0. The lowest BCUT2D eigenvalue weighted by molar-refractivity contribution is 0.0847. The topological polar surface area (TPSA) is 50.9 Å². The second kappa shape index (κ2) is 2.59. The van der Waals surface area contributed by atoms with Gasteiger partial charge in [-0.15, -0.1) is 5.10 Å². The number of rotatable bonds is 2. The van der Waals surface area contributed by atoms with Crippen molar-refractivity contribution in [2.45, 2.75) is 19.6 Å². The van der Waals surface area contributed by atoms with Gasteiger partial charge in [0.05, 0.1) is 6.20 Å². The lowest BCUT2D eigenvalue weighted by Crippen LogP contribution is -2.07. The molecule has 50 valence electrons. The first kappa shape index (κ1) is 6.22. The van der Waals surface area contributed by atoms with Crippen molar-refractivity contribution in [3.8, 4) is 0 Å². The molecule has 0 aliphatic rings. The summed E-state index contributed by atoms with van der Waals surface area (Å²) in [6.45, 7) is 1.88. The summed E-state index contributed by atoms with van der Waals surface area (Å²) in [5, 5.41) is 16.2. The van der Waals surface area contributed by atoms with Gasteiger partial charge in [-0.2, -0.15) is 0 Å². The van der Waals surface area contributed by atoms with Crippen LogP contribution in [-0.4, -0.2) is 20.1 Å². The predicted octanol–water partition coefficient (Wildman–Crippen LogP) is 0.179. The molecule has 1 unspecified atom stereocenters. The van der Waals surface area contributed by atoms with Crippen LogP contribution in [-0.2, 0) is 0 Å². The van der Waals surface area contributed by atoms with Crippen LogP contribution in [0.15, 0.2) is 12.4 Å². The molecule has 0 aliphatic heterocycles. The highest BCUT2D eigenvalue weighted by Crippen LogP contribution is 2.01. The van der Waals surface area contributed by atoms with Crippen LogP contribution < -0.4 is 0 Å². The summed E-state index contributed by atoms with van der Waals surface area (Å²) in [4.78, 5) is 0. The van der Waals surface area contributed by atoms with Crippen molar-refractivity contribution in [3.63, 3.8) is 0 Å². The highest BCUT2D eigenvalue weighted by atomic mass is 16.3. The monoisotopic (exact) mass is 127 g/mol. The summed E-state index contributed by atoms with van der Waals surface area (Å²) < 4.78 is 1.42. The maximum atomic E-state index is 9.08. The Bertz CT molecular complexity index is 161. The Balaban J connectivity index is 2.65. The Labute approximate surface area is 53.1 Å². The van der Waals surface area contributed by atoms with Crippen molar-refractivity contribution in [2.24, 2.45) is 0 Å². The first-order valence-electron chi connectivity index (χ1n) is 2.88. The minimum Gasteiger partial charge on any atom is -0.372 e. The van der Waals surface area contributed by atoms with Gasteiger partial charge in [-0.25, -0.2) is 4.68 Å². The van der Waals surface area contributed by atoms with Crippen molar-refractivity contribution in [2.75, 3.05) is 0 Å². The smallest absolute Gasteiger partial charge is 0.148 e. The van der Waals surface area contributed by atoms with Crippen LogP contribution in [0.5, 0.6) is 0 Å². The number of aromatic nitrogens is 3. The maximum absolute atomic E-state index is 9.08. The molecule has 0 bridgehead atoms. The van der Waals surface area contributed by atoms with Crippen molar-refractivity contribution < 1.29 is 5.11 Å². The number of nitrogens with zero attached hydrogens (tertiary/aromatic N) is 3. The van der Waals surface area contributed by atoms with Crippen molar-refractivity contribution >= 4 is 0 Å². The normalized spacial score (nSPS) is 13.6. The second-order valence-electron chi connectivity index (χ2n) is 1.77. The second-order valence-corrected chi connectivity index (χ2v) is 1.77. The maximum Gasteiger partial charge on any atom is 0.148 e. The van der Waals surface area contributed by atoms with Gasteiger partial charge in [0.2, 0.25) is 0 Å². The van der Waals surface area contributed by atoms with Gasteiger partial charge in [0, 0.05) is 6.20 Å². The summed E-state index contributed by atoms with van der Waals surface area (Å²) in [6.07, 6.45) is 3.31. The van der Waals surface area contributed by atoms with Gasteiger partial charge < -0.3 is 5.11 Å². The van der Waals surface area contributed by atoms with Crippen LogP contribution in [0.3, 0.4) is 0 Å². The van der Waals surface area contributed by atoms with Crippen LogP contribution in [0, 0.1) is 0 Å². The molecule has 0 aromatic carbocycles. The van der Waals surface area contributed by atoms with Crippen LogP contribution in [0.2, 0.25) is 0 Å². The highest BCUT2D eigenvalue weighted by molar-refractivity contribution is 4.65. The fourth-order valence-corrected chi connectivity index (χ4v) is 0.563. The van der Waals surface area contributed by atoms with Crippen LogP contribution >= 0.6 is 0 Å². The van der Waals surface area contributed by atoms with E-state index in [0.717, 1.165) is 0 Å². The summed E-state index contributed by atoms with van der Waals surface area (Å²) in [6, 6.07) is 0. The van der Waals surface area contributed by atoms with E-state index in [-0.39, 0.29) is 0 Å². The van der Waals surface area contributed by atoms with Gasteiger partial charge in [0.15, 0.2) is 0 Å². The van der Waals surface area contributed by atoms with Gasteiger partial charge in [0.1, 0.15) is 6.23 Å². The zero-order chi connectivity index (χ0) is 6.69. The average molecular weight is 127 g/mol. The molecule has 1 aromatic heterocycles. The largest absolute Gasteiger partial charge is 0.372 e. The lowest BCUT2D eigenvalue weighted by atomic mass is 10.4. The molecule has 1 rings (SSSR count). The van der Waals surface area contributed by atoms with E-state index in [1.165, 1.54) is 4.68 Å². The Morgan fingerprint density at radius 2 is 2.56 bits per heavy atom. The van der Waals surface area contributed by atoms with Gasteiger partial charge in [-0.05, 0) is 6.42 Å². The third kappa shape index (κ3) is 1.26. The molecule has 0 radical (unpaired) electrons. The first-order valence-corrected chi connectivity index (χ1v) is 2.88. The van der Waals surface area contributed by atoms with E-state index in [4.69, 9.17) is 5.11 Å². The Kier molecular flexibility index (Phi) is 1.79. The molecule has 9 heavy (non-hydrogen) atoms. The van der Waals surface area contributed by atoms with E-state index < -0.39 is 6.23 Å². The van der Waals surface area contributed by atoms with Gasteiger partial charge in [-0.3, -0.25) is 0 Å². The molecule has 4 heteroatoms. The minimum atomic E-state index is -0.521. The van der Waals surface area contributed by atoms with Crippen molar-refractivity contribution in [1.82, 2.24) is 15.0 Å². The molecule has 0 saturated carbocycles. The Morgan fingerprint density at radius 3 is 3.00 bits per heavy atom. The van der Waals surface area contributed by atoms with Crippen molar-refractivity contribution in [3.05, 3.63) is 12.4 Å². The standard InChI is InChI=1S/C5H9N3O/c1-2-5(9)8-4-3-6-7-8/h3-5,9H,2H2,1H3. The molecule has 1 atom stereocenters. The van der Waals surface area contributed by atoms with Gasteiger partial charge in [0.25, 0.3) is 0 Å². The molecule has 1 heterocycles. The molecule has 0 fully saturated rings. The summed E-state index contributed by atoms with van der Waals surface area (Å²) in [5.41, 5.74) is 0. The third-order valence-corrected chi connectivity index (χ3v) is 1.11. The predicted molar refractivity (Wildman–Crippen MR) is 31.6 cm³/mol.